The third-order valence-corrected chi connectivity index (χ3v) is 6.17. The lowest BCUT2D eigenvalue weighted by molar-refractivity contribution is 0.0813. The van der Waals surface area contributed by atoms with Crippen LogP contribution < -0.4 is 0 Å². The lowest BCUT2D eigenvalue weighted by atomic mass is 9.99. The van der Waals surface area contributed by atoms with E-state index in [-0.39, 0.29) is 11.4 Å². The van der Waals surface area contributed by atoms with Crippen molar-refractivity contribution in [1.82, 2.24) is 9.21 Å². The fourth-order valence-corrected chi connectivity index (χ4v) is 3.99. The Labute approximate surface area is 137 Å². The molecule has 1 aliphatic heterocycles. The first kappa shape index (κ1) is 18.3. The smallest absolute Gasteiger partial charge is 0.242 e. The minimum absolute atomic E-state index is 0.0196. The van der Waals surface area contributed by atoms with Crippen LogP contribution in [-0.2, 0) is 10.0 Å². The maximum Gasteiger partial charge on any atom is 0.242 e. The van der Waals surface area contributed by atoms with E-state index in [0.717, 1.165) is 42.4 Å². The Morgan fingerprint density at radius 3 is 2.43 bits per heavy atom. The van der Waals surface area contributed by atoms with Crippen molar-refractivity contribution in [3.05, 3.63) is 30.1 Å². The van der Waals surface area contributed by atoms with Gasteiger partial charge < -0.3 is 10.0 Å². The Balaban J connectivity index is 1.92. The van der Waals surface area contributed by atoms with Crippen LogP contribution in [-0.4, -0.2) is 62.1 Å². The van der Waals surface area contributed by atoms with Crippen LogP contribution in [0.15, 0.2) is 29.2 Å². The fraction of sp³-hybridized carbons (Fsp3) is 0.625. The number of aliphatic hydroxyl groups is 1. The van der Waals surface area contributed by atoms with Gasteiger partial charge in [0, 0.05) is 20.1 Å². The minimum atomic E-state index is -3.71. The van der Waals surface area contributed by atoms with Gasteiger partial charge in [0.1, 0.15) is 5.82 Å². The summed E-state index contributed by atoms with van der Waals surface area (Å²) in [5, 5.41) is 10.2. The Hall–Kier alpha value is -1.02. The molecule has 7 heteroatoms. The van der Waals surface area contributed by atoms with E-state index in [1.165, 1.54) is 19.2 Å². The summed E-state index contributed by atoms with van der Waals surface area (Å²) in [4.78, 5) is 2.20. The van der Waals surface area contributed by atoms with Gasteiger partial charge >= 0.3 is 0 Å². The monoisotopic (exact) mass is 344 g/mol. The zero-order valence-corrected chi connectivity index (χ0v) is 14.5. The topological polar surface area (TPSA) is 60.9 Å². The Morgan fingerprint density at radius 1 is 1.30 bits per heavy atom. The van der Waals surface area contributed by atoms with Crippen LogP contribution in [0.25, 0.3) is 0 Å². The van der Waals surface area contributed by atoms with Gasteiger partial charge in [-0.15, -0.1) is 0 Å². The van der Waals surface area contributed by atoms with Gasteiger partial charge in [0.15, 0.2) is 0 Å². The highest BCUT2D eigenvalue weighted by Gasteiger charge is 2.25. The number of β-amino-alcohol motifs (C(OH)–C–C–N with tert-alkyl or cyclic N) is 1. The number of piperidine rings is 1. The van der Waals surface area contributed by atoms with Crippen molar-refractivity contribution < 1.29 is 17.9 Å². The van der Waals surface area contributed by atoms with Crippen LogP contribution in [0.5, 0.6) is 0 Å². The SMILES string of the molecule is CC1CCN(C[C@@H](O)CN(C)S(=O)(=O)c2ccc(F)cc2)CC1. The van der Waals surface area contributed by atoms with Crippen molar-refractivity contribution in [1.29, 1.82) is 0 Å². The first-order chi connectivity index (χ1) is 10.8. The van der Waals surface area contributed by atoms with Gasteiger partial charge in [0.05, 0.1) is 11.0 Å². The molecule has 1 aliphatic rings. The molecule has 0 spiro atoms. The summed E-state index contributed by atoms with van der Waals surface area (Å²) in [6.45, 7) is 4.58. The van der Waals surface area contributed by atoms with Crippen molar-refractivity contribution in [3.63, 3.8) is 0 Å². The van der Waals surface area contributed by atoms with E-state index >= 15 is 0 Å². The van der Waals surface area contributed by atoms with Crippen LogP contribution in [0.2, 0.25) is 0 Å². The summed E-state index contributed by atoms with van der Waals surface area (Å²) in [5.41, 5.74) is 0. The molecule has 1 atom stereocenters. The van der Waals surface area contributed by atoms with Gasteiger partial charge in [-0.1, -0.05) is 6.92 Å². The van der Waals surface area contributed by atoms with Gasteiger partial charge in [-0.05, 0) is 56.1 Å². The number of hydrogen-bond donors (Lipinski definition) is 1. The van der Waals surface area contributed by atoms with Crippen molar-refractivity contribution in [2.24, 2.45) is 5.92 Å². The molecule has 1 heterocycles. The third kappa shape index (κ3) is 4.97. The summed E-state index contributed by atoms with van der Waals surface area (Å²) in [7, 11) is -2.28. The largest absolute Gasteiger partial charge is 0.390 e. The van der Waals surface area contributed by atoms with Crippen molar-refractivity contribution >= 4 is 10.0 Å². The minimum Gasteiger partial charge on any atom is -0.390 e. The summed E-state index contributed by atoms with van der Waals surface area (Å²) in [6.07, 6.45) is 1.47. The second-order valence-corrected chi connectivity index (χ2v) is 8.42. The van der Waals surface area contributed by atoms with Gasteiger partial charge in [-0.3, -0.25) is 0 Å². The summed E-state index contributed by atoms with van der Waals surface area (Å²) in [5.74, 6) is 0.232. The van der Waals surface area contributed by atoms with E-state index in [1.807, 2.05) is 0 Å². The van der Waals surface area contributed by atoms with E-state index in [9.17, 15) is 17.9 Å². The molecule has 1 aromatic rings. The average molecular weight is 344 g/mol. The zero-order valence-electron chi connectivity index (χ0n) is 13.7. The molecular formula is C16H25FN2O3S. The highest BCUT2D eigenvalue weighted by molar-refractivity contribution is 7.89. The summed E-state index contributed by atoms with van der Waals surface area (Å²) in [6, 6.07) is 4.71. The molecule has 0 aliphatic carbocycles. The number of likely N-dealkylation sites (N-methyl/N-ethyl adjacent to an activating group) is 1. The Bertz CT molecular complexity index is 598. The van der Waals surface area contributed by atoms with Gasteiger partial charge in [0.2, 0.25) is 10.0 Å². The van der Waals surface area contributed by atoms with Crippen molar-refractivity contribution in [3.8, 4) is 0 Å². The molecule has 1 saturated heterocycles. The predicted octanol–water partition coefficient (Wildman–Crippen LogP) is 1.54. The molecule has 5 nitrogen and oxygen atoms in total. The standard InChI is InChI=1S/C16H25FN2O3S/c1-13-7-9-19(10-8-13)12-15(20)11-18(2)23(21,22)16-5-3-14(17)4-6-16/h3-6,13,15,20H,7-12H2,1-2H3/t15-/m0/s1. The Kier molecular flexibility index (Phi) is 6.13. The number of hydrogen-bond acceptors (Lipinski definition) is 4. The number of nitrogens with zero attached hydrogens (tertiary/aromatic N) is 2. The average Bonchev–Trinajstić information content (AvgIpc) is 2.50. The maximum atomic E-state index is 12.9. The second-order valence-electron chi connectivity index (χ2n) is 6.38. The van der Waals surface area contributed by atoms with E-state index in [1.54, 1.807) is 0 Å². The predicted molar refractivity (Wildman–Crippen MR) is 87.1 cm³/mol. The van der Waals surface area contributed by atoms with E-state index in [0.29, 0.717) is 12.5 Å². The number of aliphatic hydroxyl groups excluding tert-OH is 1. The fourth-order valence-electron chi connectivity index (χ4n) is 2.78. The lowest BCUT2D eigenvalue weighted by Crippen LogP contribution is -2.43. The normalized spacial score (nSPS) is 19.2. The molecule has 0 aromatic heterocycles. The summed E-state index contributed by atoms with van der Waals surface area (Å²) >= 11 is 0. The Morgan fingerprint density at radius 2 is 1.87 bits per heavy atom. The molecule has 0 unspecified atom stereocenters. The molecule has 1 aromatic carbocycles. The number of halogens is 1. The van der Waals surface area contributed by atoms with Crippen LogP contribution in [0.1, 0.15) is 19.8 Å². The van der Waals surface area contributed by atoms with Crippen molar-refractivity contribution in [2.45, 2.75) is 30.8 Å². The highest BCUT2D eigenvalue weighted by atomic mass is 32.2. The molecule has 23 heavy (non-hydrogen) atoms. The van der Waals surface area contributed by atoms with Crippen molar-refractivity contribution in [2.75, 3.05) is 33.2 Å². The second kappa shape index (κ2) is 7.70. The quantitative estimate of drug-likeness (QED) is 0.850. The molecule has 1 N–H and O–H groups in total. The molecule has 0 saturated carbocycles. The van der Waals surface area contributed by atoms with Crippen LogP contribution in [0, 0.1) is 11.7 Å². The van der Waals surface area contributed by atoms with E-state index < -0.39 is 21.9 Å². The lowest BCUT2D eigenvalue weighted by Gasteiger charge is -2.32. The van der Waals surface area contributed by atoms with Crippen LogP contribution in [0.4, 0.5) is 4.39 Å². The van der Waals surface area contributed by atoms with Gasteiger partial charge in [0.25, 0.3) is 0 Å². The first-order valence-corrected chi connectivity index (χ1v) is 9.35. The number of sulfonamides is 1. The van der Waals surface area contributed by atoms with E-state index in [4.69, 9.17) is 0 Å². The molecule has 0 bridgehead atoms. The molecular weight excluding hydrogens is 319 g/mol. The van der Waals surface area contributed by atoms with E-state index in [2.05, 4.69) is 11.8 Å². The summed E-state index contributed by atoms with van der Waals surface area (Å²) < 4.78 is 38.8. The van der Waals surface area contributed by atoms with Crippen LogP contribution in [0.3, 0.4) is 0 Å². The molecule has 0 amide bonds. The third-order valence-electron chi connectivity index (χ3n) is 4.33. The maximum absolute atomic E-state index is 12.9. The number of rotatable bonds is 6. The van der Waals surface area contributed by atoms with Gasteiger partial charge in [-0.25, -0.2) is 12.8 Å². The van der Waals surface area contributed by atoms with Crippen LogP contribution >= 0.6 is 0 Å². The first-order valence-electron chi connectivity index (χ1n) is 7.91. The highest BCUT2D eigenvalue weighted by Crippen LogP contribution is 2.17. The molecule has 2 rings (SSSR count). The molecule has 0 radical (unpaired) electrons. The number of likely N-dealkylation sites (tertiary alicyclic amines) is 1. The molecule has 130 valence electrons. The van der Waals surface area contributed by atoms with Gasteiger partial charge in [-0.2, -0.15) is 4.31 Å². The number of benzene rings is 1. The zero-order chi connectivity index (χ0) is 17.0. The molecule has 1 fully saturated rings.